The summed E-state index contributed by atoms with van der Waals surface area (Å²) in [6.07, 6.45) is 0. The molecule has 1 aromatic heterocycles. The van der Waals surface area contributed by atoms with E-state index in [2.05, 4.69) is 31.4 Å². The van der Waals surface area contributed by atoms with Gasteiger partial charge in [-0.15, -0.1) is 0 Å². The molecule has 0 radical (unpaired) electrons. The van der Waals surface area contributed by atoms with E-state index >= 15 is 0 Å². The second kappa shape index (κ2) is 9.33. The lowest BCUT2D eigenvalue weighted by Crippen LogP contribution is -2.21. The van der Waals surface area contributed by atoms with Gasteiger partial charge in [0.2, 0.25) is 11.7 Å². The highest BCUT2D eigenvalue weighted by molar-refractivity contribution is 9.10. The lowest BCUT2D eigenvalue weighted by molar-refractivity contribution is -0.119. The van der Waals surface area contributed by atoms with Crippen LogP contribution in [0.1, 0.15) is 27.6 Å². The molecule has 0 atom stereocenters. The number of ether oxygens (including phenoxy) is 2. The summed E-state index contributed by atoms with van der Waals surface area (Å²) < 4.78 is 16.2. The van der Waals surface area contributed by atoms with E-state index in [1.165, 1.54) is 0 Å². The Kier molecular flexibility index (Phi) is 6.61. The van der Waals surface area contributed by atoms with Crippen LogP contribution in [0.2, 0.25) is 0 Å². The van der Waals surface area contributed by atoms with E-state index < -0.39 is 18.5 Å². The van der Waals surface area contributed by atoms with Crippen LogP contribution in [-0.2, 0) is 16.1 Å². The molecule has 2 aromatic carbocycles. The molecule has 0 saturated heterocycles. The van der Waals surface area contributed by atoms with Gasteiger partial charge >= 0.3 is 5.97 Å². The van der Waals surface area contributed by atoms with Crippen LogP contribution in [0.15, 0.2) is 51.5 Å². The molecule has 1 N–H and O–H groups in total. The van der Waals surface area contributed by atoms with Gasteiger partial charge in [0.1, 0.15) is 5.75 Å². The van der Waals surface area contributed by atoms with E-state index in [9.17, 15) is 9.59 Å². The van der Waals surface area contributed by atoms with E-state index in [4.69, 9.17) is 14.0 Å². The number of amides is 1. The van der Waals surface area contributed by atoms with Crippen molar-refractivity contribution in [2.24, 2.45) is 0 Å². The van der Waals surface area contributed by atoms with Crippen LogP contribution in [0.5, 0.6) is 5.75 Å². The highest BCUT2D eigenvalue weighted by Crippen LogP contribution is 2.23. The van der Waals surface area contributed by atoms with Gasteiger partial charge in [0.25, 0.3) is 5.91 Å². The maximum atomic E-state index is 12.1. The Hall–Kier alpha value is -3.20. The fourth-order valence-corrected chi connectivity index (χ4v) is 2.95. The molecule has 0 aliphatic heterocycles. The largest absolute Gasteiger partial charge is 0.485 e. The first-order valence-corrected chi connectivity index (χ1v) is 9.45. The van der Waals surface area contributed by atoms with Crippen LogP contribution in [-0.4, -0.2) is 28.6 Å². The summed E-state index contributed by atoms with van der Waals surface area (Å²) in [6.45, 7) is 3.39. The molecule has 0 fully saturated rings. The van der Waals surface area contributed by atoms with E-state index in [0.717, 1.165) is 10.0 Å². The summed E-state index contributed by atoms with van der Waals surface area (Å²) in [7, 11) is 0. The summed E-state index contributed by atoms with van der Waals surface area (Å²) in [6, 6.07) is 11.9. The summed E-state index contributed by atoms with van der Waals surface area (Å²) in [5.41, 5.74) is 1.97. The van der Waals surface area contributed by atoms with Gasteiger partial charge in [-0.05, 0) is 64.8 Å². The molecule has 0 aliphatic carbocycles. The summed E-state index contributed by atoms with van der Waals surface area (Å²) >= 11 is 3.38. The van der Waals surface area contributed by atoms with Crippen molar-refractivity contribution in [2.75, 3.05) is 11.9 Å². The molecule has 8 nitrogen and oxygen atoms in total. The number of aryl methyl sites for hydroxylation is 2. The molecule has 150 valence electrons. The van der Waals surface area contributed by atoms with Crippen LogP contribution in [0.25, 0.3) is 0 Å². The number of esters is 1. The van der Waals surface area contributed by atoms with Gasteiger partial charge in [0, 0.05) is 11.4 Å². The fraction of sp³-hybridized carbons (Fsp3) is 0.200. The van der Waals surface area contributed by atoms with Crippen LogP contribution < -0.4 is 10.1 Å². The average Bonchev–Trinajstić information content (AvgIpc) is 3.12. The number of hydrogen-bond acceptors (Lipinski definition) is 7. The highest BCUT2D eigenvalue weighted by atomic mass is 79.9. The van der Waals surface area contributed by atoms with E-state index in [1.807, 2.05) is 19.1 Å². The number of nitrogens with one attached hydrogen (secondary N) is 1. The molecular formula is C20H18BrN3O5. The van der Waals surface area contributed by atoms with Crippen molar-refractivity contribution >= 4 is 33.5 Å². The van der Waals surface area contributed by atoms with Gasteiger partial charge in [-0.3, -0.25) is 4.79 Å². The van der Waals surface area contributed by atoms with Crippen molar-refractivity contribution in [2.45, 2.75) is 20.5 Å². The first kappa shape index (κ1) is 20.5. The Bertz CT molecular complexity index is 1020. The Labute approximate surface area is 175 Å². The zero-order valence-electron chi connectivity index (χ0n) is 15.8. The molecular weight excluding hydrogens is 442 g/mol. The lowest BCUT2D eigenvalue weighted by Gasteiger charge is -2.09. The van der Waals surface area contributed by atoms with E-state index in [0.29, 0.717) is 28.7 Å². The predicted octanol–water partition coefficient (Wildman–Crippen LogP) is 3.82. The third-order valence-corrected chi connectivity index (χ3v) is 4.42. The summed E-state index contributed by atoms with van der Waals surface area (Å²) in [4.78, 5) is 28.2. The number of halogens is 1. The van der Waals surface area contributed by atoms with Crippen molar-refractivity contribution in [3.8, 4) is 5.75 Å². The van der Waals surface area contributed by atoms with Crippen molar-refractivity contribution in [3.63, 3.8) is 0 Å². The molecule has 1 amide bonds. The molecule has 29 heavy (non-hydrogen) atoms. The highest BCUT2D eigenvalue weighted by Gasteiger charge is 2.12. The van der Waals surface area contributed by atoms with Crippen molar-refractivity contribution < 1.29 is 23.6 Å². The standard InChI is InChI=1S/C20H18BrN3O5/c1-12-3-8-17(16(21)9-12)23-19(25)11-28-20(26)14-4-6-15(7-5-14)27-10-18-22-13(2)29-24-18/h3-9H,10-11H2,1-2H3,(H,23,25). The summed E-state index contributed by atoms with van der Waals surface area (Å²) in [5, 5.41) is 6.42. The zero-order valence-corrected chi connectivity index (χ0v) is 17.4. The number of carbonyl (C=O) groups excluding carboxylic acids is 2. The third-order valence-electron chi connectivity index (χ3n) is 3.76. The minimum Gasteiger partial charge on any atom is -0.485 e. The molecule has 1 heterocycles. The van der Waals surface area contributed by atoms with Crippen molar-refractivity contribution in [1.29, 1.82) is 0 Å². The van der Waals surface area contributed by atoms with Crippen molar-refractivity contribution in [3.05, 3.63) is 69.8 Å². The molecule has 0 saturated carbocycles. The minimum atomic E-state index is -0.608. The first-order chi connectivity index (χ1) is 13.9. The second-order valence-electron chi connectivity index (χ2n) is 6.15. The number of anilines is 1. The van der Waals surface area contributed by atoms with Crippen LogP contribution in [0.3, 0.4) is 0 Å². The van der Waals surface area contributed by atoms with Gasteiger partial charge in [-0.2, -0.15) is 4.98 Å². The average molecular weight is 460 g/mol. The number of nitrogens with zero attached hydrogens (tertiary/aromatic N) is 2. The number of carbonyl (C=O) groups is 2. The zero-order chi connectivity index (χ0) is 20.8. The minimum absolute atomic E-state index is 0.149. The Morgan fingerprint density at radius 1 is 1.14 bits per heavy atom. The summed E-state index contributed by atoms with van der Waals surface area (Å²) in [5.74, 6) is 0.380. The normalized spacial score (nSPS) is 10.4. The maximum absolute atomic E-state index is 12.1. The number of aromatic nitrogens is 2. The Balaban J connectivity index is 1.48. The Morgan fingerprint density at radius 3 is 2.55 bits per heavy atom. The van der Waals surface area contributed by atoms with E-state index in [-0.39, 0.29) is 6.61 Å². The quantitative estimate of drug-likeness (QED) is 0.535. The lowest BCUT2D eigenvalue weighted by atomic mass is 10.2. The maximum Gasteiger partial charge on any atom is 0.338 e. The smallest absolute Gasteiger partial charge is 0.338 e. The number of hydrogen-bond donors (Lipinski definition) is 1. The fourth-order valence-electron chi connectivity index (χ4n) is 2.36. The SMILES string of the molecule is Cc1ccc(NC(=O)COC(=O)c2ccc(OCc3noc(C)n3)cc2)c(Br)c1. The molecule has 9 heteroatoms. The molecule has 0 aliphatic rings. The van der Waals surface area contributed by atoms with Gasteiger partial charge in [-0.25, -0.2) is 4.79 Å². The molecule has 3 aromatic rings. The van der Waals surface area contributed by atoms with Gasteiger partial charge in [0.15, 0.2) is 13.2 Å². The first-order valence-electron chi connectivity index (χ1n) is 8.66. The van der Waals surface area contributed by atoms with Crippen LogP contribution in [0.4, 0.5) is 5.69 Å². The molecule has 0 unspecified atom stereocenters. The topological polar surface area (TPSA) is 104 Å². The second-order valence-corrected chi connectivity index (χ2v) is 7.00. The monoisotopic (exact) mass is 459 g/mol. The molecule has 0 bridgehead atoms. The third kappa shape index (κ3) is 5.89. The van der Waals surface area contributed by atoms with Gasteiger partial charge < -0.3 is 19.3 Å². The van der Waals surface area contributed by atoms with Gasteiger partial charge in [-0.1, -0.05) is 11.2 Å². The number of rotatable bonds is 7. The Morgan fingerprint density at radius 2 is 1.90 bits per heavy atom. The van der Waals surface area contributed by atoms with Gasteiger partial charge in [0.05, 0.1) is 11.3 Å². The predicted molar refractivity (Wildman–Crippen MR) is 108 cm³/mol. The van der Waals surface area contributed by atoms with Crippen LogP contribution >= 0.6 is 15.9 Å². The number of benzene rings is 2. The van der Waals surface area contributed by atoms with E-state index in [1.54, 1.807) is 37.3 Å². The molecule has 3 rings (SSSR count). The van der Waals surface area contributed by atoms with Crippen molar-refractivity contribution in [1.82, 2.24) is 10.1 Å². The van der Waals surface area contributed by atoms with Crippen LogP contribution in [0, 0.1) is 13.8 Å². The molecule has 0 spiro atoms.